The standard InChI is InChI=1S/C16H26N2S.C9H6N2O2/c1-3-5-6-7-11-14-17-16(19-4-2)18-15-12-9-8-10-13-15;1-7-2-3-8(10-5-12)4-9(7)11-6-13/h8-10,12-13H,3-7,11,14H2,1-2H3,(H,17,18);2-4H,1H3. The van der Waals surface area contributed by atoms with Gasteiger partial charge in [-0.1, -0.05) is 75.6 Å². The summed E-state index contributed by atoms with van der Waals surface area (Å²) in [5.74, 6) is 1.05. The molecular formula is C25H32N4O2S. The van der Waals surface area contributed by atoms with Crippen LogP contribution < -0.4 is 5.32 Å². The van der Waals surface area contributed by atoms with Crippen molar-refractivity contribution in [2.45, 2.75) is 52.9 Å². The summed E-state index contributed by atoms with van der Waals surface area (Å²) in [6, 6.07) is 15.1. The molecule has 0 aliphatic carbocycles. The number of isocyanates is 2. The van der Waals surface area contributed by atoms with Crippen molar-refractivity contribution in [2.75, 3.05) is 17.6 Å². The van der Waals surface area contributed by atoms with Crippen LogP contribution in [0.5, 0.6) is 0 Å². The lowest BCUT2D eigenvalue weighted by molar-refractivity contribution is 0.565. The van der Waals surface area contributed by atoms with Gasteiger partial charge in [0.2, 0.25) is 12.2 Å². The van der Waals surface area contributed by atoms with E-state index >= 15 is 0 Å². The van der Waals surface area contributed by atoms with E-state index in [-0.39, 0.29) is 0 Å². The van der Waals surface area contributed by atoms with E-state index in [9.17, 15) is 9.59 Å². The number of hydrogen-bond donors (Lipinski definition) is 1. The van der Waals surface area contributed by atoms with Gasteiger partial charge in [-0.05, 0) is 48.9 Å². The molecule has 0 atom stereocenters. The quantitative estimate of drug-likeness (QED) is 0.180. The Bertz CT molecular complexity index is 919. The summed E-state index contributed by atoms with van der Waals surface area (Å²) in [4.78, 5) is 31.4. The fourth-order valence-electron chi connectivity index (χ4n) is 2.69. The Balaban J connectivity index is 0.000000343. The number of nitrogens with zero attached hydrogens (tertiary/aromatic N) is 3. The number of aryl methyl sites for hydroxylation is 1. The number of thioether (sulfide) groups is 1. The molecule has 170 valence electrons. The highest BCUT2D eigenvalue weighted by Crippen LogP contribution is 2.23. The van der Waals surface area contributed by atoms with Crippen molar-refractivity contribution >= 4 is 46.2 Å². The smallest absolute Gasteiger partial charge is 0.240 e. The third-order valence-electron chi connectivity index (χ3n) is 4.36. The highest BCUT2D eigenvalue weighted by Gasteiger charge is 1.99. The van der Waals surface area contributed by atoms with Crippen LogP contribution in [0.15, 0.2) is 63.5 Å². The number of rotatable bonds is 10. The summed E-state index contributed by atoms with van der Waals surface area (Å²) in [7, 11) is 0. The number of anilines is 1. The number of carbonyl (C=O) groups excluding carboxylic acids is 2. The summed E-state index contributed by atoms with van der Waals surface area (Å²) in [5, 5.41) is 4.44. The Morgan fingerprint density at radius 3 is 2.31 bits per heavy atom. The van der Waals surface area contributed by atoms with Crippen LogP contribution in [0.2, 0.25) is 0 Å². The van der Waals surface area contributed by atoms with Crippen molar-refractivity contribution in [2.24, 2.45) is 15.0 Å². The van der Waals surface area contributed by atoms with Gasteiger partial charge in [-0.2, -0.15) is 9.98 Å². The second-order valence-corrected chi connectivity index (χ2v) is 8.15. The zero-order valence-corrected chi connectivity index (χ0v) is 20.0. The minimum Gasteiger partial charge on any atom is -0.335 e. The van der Waals surface area contributed by atoms with Gasteiger partial charge in [-0.3, -0.25) is 4.99 Å². The molecule has 0 fully saturated rings. The van der Waals surface area contributed by atoms with Gasteiger partial charge in [0.1, 0.15) is 0 Å². The molecule has 0 bridgehead atoms. The Hall–Kier alpha value is -2.98. The van der Waals surface area contributed by atoms with Crippen molar-refractivity contribution < 1.29 is 9.59 Å². The van der Waals surface area contributed by atoms with Crippen LogP contribution in [0, 0.1) is 6.92 Å². The maximum Gasteiger partial charge on any atom is 0.240 e. The van der Waals surface area contributed by atoms with Crippen LogP contribution in [0.25, 0.3) is 0 Å². The highest BCUT2D eigenvalue weighted by molar-refractivity contribution is 8.14. The van der Waals surface area contributed by atoms with Gasteiger partial charge in [-0.15, -0.1) is 0 Å². The van der Waals surface area contributed by atoms with Gasteiger partial charge < -0.3 is 5.32 Å². The van der Waals surface area contributed by atoms with E-state index in [1.54, 1.807) is 30.8 Å². The van der Waals surface area contributed by atoms with Crippen LogP contribution >= 0.6 is 11.8 Å². The molecule has 0 unspecified atom stereocenters. The minimum atomic E-state index is 0.426. The first-order chi connectivity index (χ1) is 15.6. The molecule has 2 rings (SSSR count). The van der Waals surface area contributed by atoms with Crippen LogP contribution in [-0.4, -0.2) is 29.6 Å². The molecular weight excluding hydrogens is 420 g/mol. The SMILES string of the molecule is CCCCCCCN=C(Nc1ccccc1)SCC.Cc1ccc(N=C=O)cc1N=C=O. The van der Waals surface area contributed by atoms with Gasteiger partial charge >= 0.3 is 0 Å². The summed E-state index contributed by atoms with van der Waals surface area (Å²) in [6.07, 6.45) is 9.33. The summed E-state index contributed by atoms with van der Waals surface area (Å²) in [5.41, 5.74) is 2.84. The fraction of sp³-hybridized carbons (Fsp3) is 0.400. The number of aliphatic imine (C=N–C) groups is 3. The molecule has 7 heteroatoms. The maximum absolute atomic E-state index is 10.00. The van der Waals surface area contributed by atoms with Crippen molar-refractivity contribution in [1.29, 1.82) is 0 Å². The van der Waals surface area contributed by atoms with Crippen molar-refractivity contribution in [1.82, 2.24) is 0 Å². The third kappa shape index (κ3) is 12.0. The summed E-state index contributed by atoms with van der Waals surface area (Å²) in [6.45, 7) is 7.14. The van der Waals surface area contributed by atoms with Gasteiger partial charge in [0, 0.05) is 12.2 Å². The second kappa shape index (κ2) is 17.7. The largest absolute Gasteiger partial charge is 0.335 e. The predicted octanol–water partition coefficient (Wildman–Crippen LogP) is 7.11. The first-order valence-corrected chi connectivity index (χ1v) is 11.9. The molecule has 0 saturated carbocycles. The fourth-order valence-corrected chi connectivity index (χ4v) is 3.33. The molecule has 0 saturated heterocycles. The topological polar surface area (TPSA) is 83.2 Å². The van der Waals surface area contributed by atoms with Gasteiger partial charge in [0.25, 0.3) is 0 Å². The molecule has 6 nitrogen and oxygen atoms in total. The Morgan fingerprint density at radius 1 is 0.938 bits per heavy atom. The van der Waals surface area contributed by atoms with Crippen LogP contribution in [0.1, 0.15) is 51.5 Å². The first-order valence-electron chi connectivity index (χ1n) is 10.9. The molecule has 1 N–H and O–H groups in total. The monoisotopic (exact) mass is 452 g/mol. The average Bonchev–Trinajstić information content (AvgIpc) is 2.80. The van der Waals surface area contributed by atoms with E-state index in [0.717, 1.165) is 28.7 Å². The van der Waals surface area contributed by atoms with Crippen molar-refractivity contribution in [3.05, 3.63) is 54.1 Å². The van der Waals surface area contributed by atoms with E-state index in [1.165, 1.54) is 50.3 Å². The molecule has 0 aromatic heterocycles. The summed E-state index contributed by atoms with van der Waals surface area (Å²) < 4.78 is 0. The first kappa shape index (κ1) is 27.1. The van der Waals surface area contributed by atoms with Gasteiger partial charge in [0.05, 0.1) is 11.4 Å². The molecule has 2 aromatic rings. The number of amidine groups is 1. The lowest BCUT2D eigenvalue weighted by atomic mass is 10.2. The van der Waals surface area contributed by atoms with Crippen LogP contribution in [0.4, 0.5) is 17.1 Å². The van der Waals surface area contributed by atoms with E-state index < -0.39 is 0 Å². The number of para-hydroxylation sites is 1. The molecule has 0 heterocycles. The minimum absolute atomic E-state index is 0.426. The van der Waals surface area contributed by atoms with Gasteiger partial charge in [-0.25, -0.2) is 9.59 Å². The summed E-state index contributed by atoms with van der Waals surface area (Å²) >= 11 is 1.78. The molecule has 0 amide bonds. The lowest BCUT2D eigenvalue weighted by Crippen LogP contribution is -2.09. The molecule has 0 aliphatic rings. The van der Waals surface area contributed by atoms with E-state index in [0.29, 0.717) is 11.4 Å². The Morgan fingerprint density at radius 2 is 1.66 bits per heavy atom. The van der Waals surface area contributed by atoms with Crippen molar-refractivity contribution in [3.63, 3.8) is 0 Å². The number of benzene rings is 2. The molecule has 0 spiro atoms. The molecule has 2 aromatic carbocycles. The predicted molar refractivity (Wildman–Crippen MR) is 136 cm³/mol. The Labute approximate surface area is 195 Å². The average molecular weight is 453 g/mol. The maximum atomic E-state index is 10.00. The molecule has 0 aliphatic heterocycles. The van der Waals surface area contributed by atoms with Crippen molar-refractivity contribution in [3.8, 4) is 0 Å². The van der Waals surface area contributed by atoms with Crippen LogP contribution in [0.3, 0.4) is 0 Å². The van der Waals surface area contributed by atoms with E-state index in [1.807, 2.05) is 18.2 Å². The van der Waals surface area contributed by atoms with Gasteiger partial charge in [0.15, 0.2) is 5.17 Å². The third-order valence-corrected chi connectivity index (χ3v) is 5.15. The molecule has 0 radical (unpaired) electrons. The molecule has 32 heavy (non-hydrogen) atoms. The normalized spacial score (nSPS) is 10.3. The second-order valence-electron chi connectivity index (χ2n) is 6.90. The van der Waals surface area contributed by atoms with E-state index in [2.05, 4.69) is 46.3 Å². The highest BCUT2D eigenvalue weighted by atomic mass is 32.2. The zero-order valence-electron chi connectivity index (χ0n) is 19.1. The number of unbranched alkanes of at least 4 members (excludes halogenated alkanes) is 4. The zero-order chi connectivity index (χ0) is 23.4. The van der Waals surface area contributed by atoms with Crippen LogP contribution in [-0.2, 0) is 9.59 Å². The Kier molecular flexibility index (Phi) is 14.9. The van der Waals surface area contributed by atoms with E-state index in [4.69, 9.17) is 0 Å². The number of nitrogens with one attached hydrogen (secondary N) is 1. The number of hydrogen-bond acceptors (Lipinski definition) is 6. The lowest BCUT2D eigenvalue weighted by Gasteiger charge is -2.08.